The van der Waals surface area contributed by atoms with Crippen LogP contribution in [0.3, 0.4) is 0 Å². The van der Waals surface area contributed by atoms with E-state index in [0.717, 1.165) is 6.26 Å². The molecule has 0 spiro atoms. The van der Waals surface area contributed by atoms with Crippen LogP contribution in [0.5, 0.6) is 0 Å². The lowest BCUT2D eigenvalue weighted by Gasteiger charge is -2.32. The summed E-state index contributed by atoms with van der Waals surface area (Å²) < 4.78 is 28.2. The van der Waals surface area contributed by atoms with Gasteiger partial charge in [0, 0.05) is 12.7 Å². The smallest absolute Gasteiger partial charge is 0.348 e. The maximum Gasteiger partial charge on any atom is 0.348 e. The number of sulfone groups is 1. The fraction of sp³-hybridized carbons (Fsp3) is 0.467. The van der Waals surface area contributed by atoms with Gasteiger partial charge in [-0.15, -0.1) is 0 Å². The van der Waals surface area contributed by atoms with Gasteiger partial charge >= 0.3 is 11.9 Å². The van der Waals surface area contributed by atoms with Gasteiger partial charge < -0.3 is 14.9 Å². The maximum atomic E-state index is 11.6. The Balaban J connectivity index is 3.25. The van der Waals surface area contributed by atoms with Crippen molar-refractivity contribution in [3.63, 3.8) is 0 Å². The van der Waals surface area contributed by atoms with E-state index in [9.17, 15) is 28.2 Å². The normalized spacial score (nSPS) is 12.9. The molecule has 1 aromatic rings. The fourth-order valence-corrected chi connectivity index (χ4v) is 2.66. The standard InChI is InChI=1S/C15H20O7S/c1-14(2,3)22-15(12(16)17,13(18)19)9-10-5-7-11(8-6-10)23(4,20)21/h5-8H,9H2,1-4H3,(H,16,17)(H,18,19). The molecule has 0 aliphatic heterocycles. The lowest BCUT2D eigenvalue weighted by molar-refractivity contribution is -0.199. The van der Waals surface area contributed by atoms with E-state index in [1.165, 1.54) is 24.3 Å². The van der Waals surface area contributed by atoms with Crippen LogP contribution in [0, 0.1) is 0 Å². The average molecular weight is 344 g/mol. The van der Waals surface area contributed by atoms with E-state index in [1.54, 1.807) is 20.8 Å². The van der Waals surface area contributed by atoms with Gasteiger partial charge in [-0.1, -0.05) is 12.1 Å². The Kier molecular flexibility index (Phi) is 5.23. The summed E-state index contributed by atoms with van der Waals surface area (Å²) in [6.07, 6.45) is 0.614. The molecule has 0 bridgehead atoms. The Bertz CT molecular complexity index is 682. The second-order valence-corrected chi connectivity index (χ2v) is 8.26. The molecule has 0 aromatic heterocycles. The minimum absolute atomic E-state index is 0.0641. The highest BCUT2D eigenvalue weighted by molar-refractivity contribution is 7.90. The molecule has 0 saturated heterocycles. The number of benzene rings is 1. The summed E-state index contributed by atoms with van der Waals surface area (Å²) >= 11 is 0. The zero-order chi connectivity index (χ0) is 18.1. The van der Waals surface area contributed by atoms with E-state index in [2.05, 4.69) is 0 Å². The van der Waals surface area contributed by atoms with E-state index in [-0.39, 0.29) is 4.90 Å². The van der Waals surface area contributed by atoms with Crippen LogP contribution in [-0.4, -0.2) is 48.0 Å². The van der Waals surface area contributed by atoms with Crippen molar-refractivity contribution in [3.8, 4) is 0 Å². The largest absolute Gasteiger partial charge is 0.479 e. The van der Waals surface area contributed by atoms with Crippen molar-refractivity contribution >= 4 is 21.8 Å². The molecule has 128 valence electrons. The Hall–Kier alpha value is -1.93. The molecule has 0 amide bonds. The molecule has 0 saturated carbocycles. The topological polar surface area (TPSA) is 118 Å². The number of hydrogen-bond acceptors (Lipinski definition) is 5. The number of carbonyl (C=O) groups is 2. The quantitative estimate of drug-likeness (QED) is 0.748. The minimum Gasteiger partial charge on any atom is -0.479 e. The third-order valence-electron chi connectivity index (χ3n) is 2.98. The molecule has 0 unspecified atom stereocenters. The SMILES string of the molecule is CC(C)(C)OC(Cc1ccc(S(C)(=O)=O)cc1)(C(=O)O)C(=O)O. The Morgan fingerprint density at radius 1 is 1.04 bits per heavy atom. The molecule has 0 aliphatic rings. The Morgan fingerprint density at radius 2 is 1.48 bits per heavy atom. The van der Waals surface area contributed by atoms with Crippen molar-refractivity contribution < 1.29 is 33.0 Å². The van der Waals surface area contributed by atoms with Crippen LogP contribution in [0.2, 0.25) is 0 Å². The third kappa shape index (κ3) is 4.77. The lowest BCUT2D eigenvalue weighted by atomic mass is 9.93. The van der Waals surface area contributed by atoms with Gasteiger partial charge in [0.1, 0.15) is 0 Å². The number of rotatable bonds is 6. The molecule has 0 radical (unpaired) electrons. The van der Waals surface area contributed by atoms with Crippen molar-refractivity contribution in [2.45, 2.75) is 43.3 Å². The maximum absolute atomic E-state index is 11.6. The summed E-state index contributed by atoms with van der Waals surface area (Å²) in [7, 11) is -3.39. The van der Waals surface area contributed by atoms with Crippen LogP contribution in [0.4, 0.5) is 0 Å². The summed E-state index contributed by atoms with van der Waals surface area (Å²) in [5.41, 5.74) is -3.11. The number of ether oxygens (including phenoxy) is 1. The van der Waals surface area contributed by atoms with Gasteiger partial charge in [0.05, 0.1) is 10.5 Å². The predicted molar refractivity (Wildman–Crippen MR) is 82.1 cm³/mol. The van der Waals surface area contributed by atoms with Crippen LogP contribution in [0.1, 0.15) is 26.3 Å². The third-order valence-corrected chi connectivity index (χ3v) is 4.10. The van der Waals surface area contributed by atoms with Gasteiger partial charge in [-0.3, -0.25) is 0 Å². The lowest BCUT2D eigenvalue weighted by Crippen LogP contribution is -2.54. The first kappa shape index (κ1) is 19.1. The molecule has 0 heterocycles. The van der Waals surface area contributed by atoms with Gasteiger partial charge in [-0.2, -0.15) is 0 Å². The highest BCUT2D eigenvalue weighted by atomic mass is 32.2. The molecule has 1 rings (SSSR count). The summed E-state index contributed by atoms with van der Waals surface area (Å²) in [6.45, 7) is 4.67. The first-order valence-electron chi connectivity index (χ1n) is 6.74. The van der Waals surface area contributed by atoms with E-state index in [1.807, 2.05) is 0 Å². The molecule has 0 atom stereocenters. The molecule has 23 heavy (non-hydrogen) atoms. The summed E-state index contributed by atoms with van der Waals surface area (Å²) in [5, 5.41) is 18.8. The van der Waals surface area contributed by atoms with Crippen LogP contribution in [-0.2, 0) is 30.6 Å². The zero-order valence-electron chi connectivity index (χ0n) is 13.4. The predicted octanol–water partition coefficient (Wildman–Crippen LogP) is 1.36. The zero-order valence-corrected chi connectivity index (χ0v) is 14.2. The number of aliphatic carboxylic acids is 2. The molecular formula is C15H20O7S. The first-order chi connectivity index (χ1) is 10.3. The first-order valence-corrected chi connectivity index (χ1v) is 8.63. The average Bonchev–Trinajstić information content (AvgIpc) is 2.35. The van der Waals surface area contributed by atoms with Crippen molar-refractivity contribution in [2.24, 2.45) is 0 Å². The molecule has 1 aromatic carbocycles. The molecule has 2 N–H and O–H groups in total. The molecule has 7 nitrogen and oxygen atoms in total. The van der Waals surface area contributed by atoms with Crippen molar-refractivity contribution in [1.29, 1.82) is 0 Å². The number of carboxylic acids is 2. The van der Waals surface area contributed by atoms with E-state index in [0.29, 0.717) is 5.56 Å². The summed E-state index contributed by atoms with van der Waals surface area (Å²) in [4.78, 5) is 23.2. The van der Waals surface area contributed by atoms with Gasteiger partial charge in [-0.25, -0.2) is 18.0 Å². The van der Waals surface area contributed by atoms with Crippen LogP contribution >= 0.6 is 0 Å². The second kappa shape index (κ2) is 6.29. The molecular weight excluding hydrogens is 324 g/mol. The van der Waals surface area contributed by atoms with Gasteiger partial charge in [0.2, 0.25) is 0 Å². The Morgan fingerprint density at radius 3 is 1.78 bits per heavy atom. The molecule has 0 aliphatic carbocycles. The number of carboxylic acid groups (broad SMARTS) is 2. The van der Waals surface area contributed by atoms with E-state index < -0.39 is 39.4 Å². The highest BCUT2D eigenvalue weighted by Gasteiger charge is 2.50. The van der Waals surface area contributed by atoms with Crippen LogP contribution < -0.4 is 0 Å². The number of hydrogen-bond donors (Lipinski definition) is 2. The van der Waals surface area contributed by atoms with Crippen molar-refractivity contribution in [1.82, 2.24) is 0 Å². The van der Waals surface area contributed by atoms with Crippen LogP contribution in [0.25, 0.3) is 0 Å². The molecule has 8 heteroatoms. The summed E-state index contributed by atoms with van der Waals surface area (Å²) in [5.74, 6) is -3.24. The van der Waals surface area contributed by atoms with Gasteiger partial charge in [0.25, 0.3) is 5.60 Å². The molecule has 0 fully saturated rings. The van der Waals surface area contributed by atoms with E-state index >= 15 is 0 Å². The highest BCUT2D eigenvalue weighted by Crippen LogP contribution is 2.26. The monoisotopic (exact) mass is 344 g/mol. The minimum atomic E-state index is -3.39. The fourth-order valence-electron chi connectivity index (χ4n) is 2.03. The van der Waals surface area contributed by atoms with Crippen LogP contribution in [0.15, 0.2) is 29.2 Å². The van der Waals surface area contributed by atoms with Crippen molar-refractivity contribution in [2.75, 3.05) is 6.26 Å². The summed E-state index contributed by atoms with van der Waals surface area (Å²) in [6, 6.07) is 5.36. The van der Waals surface area contributed by atoms with Gasteiger partial charge in [0.15, 0.2) is 9.84 Å². The van der Waals surface area contributed by atoms with Crippen molar-refractivity contribution in [3.05, 3.63) is 29.8 Å². The van der Waals surface area contributed by atoms with E-state index in [4.69, 9.17) is 4.74 Å². The Labute approximate surface area is 134 Å². The van der Waals surface area contributed by atoms with Gasteiger partial charge in [-0.05, 0) is 38.5 Å². The second-order valence-electron chi connectivity index (χ2n) is 6.24.